The van der Waals surface area contributed by atoms with Gasteiger partial charge in [-0.05, 0) is 139 Å². The molecule has 0 bridgehead atoms. The Kier molecular flexibility index (Phi) is 14.1. The SMILES string of the molecule is CC(C)c1ccccc1-c1cc(Oc2ccc3c4ccccc4n(-c4cc(C(C)(C)C)ccn4)c3c2)cc(N2CN(c3c(-c4cc(C(C)(C)C)cc(C(C)(C)C)c4)cc(-c4ccccc4)cc3-c3c(F)c(F)c(F)c(F)c3F)c3ccccc32)c1. The van der Waals surface area contributed by atoms with E-state index in [9.17, 15) is 0 Å². The maximum absolute atomic E-state index is 17.0. The van der Waals surface area contributed by atoms with E-state index in [0.717, 1.165) is 72.4 Å². The molecule has 0 saturated heterocycles. The Hall–Kier alpha value is -9.02. The van der Waals surface area contributed by atoms with Gasteiger partial charge in [-0.15, -0.1) is 0 Å². The Bertz CT molecular complexity index is 4370. The first-order chi connectivity index (χ1) is 40.4. The standard InChI is InChI=1S/C75H67F5N4O/c1-44(2)55-23-15-16-24-56(55)48-35-52(41-54(36-48)85-53-29-30-58-57-25-17-18-26-61(57)84(64(58)42-53)65-40-49(31-32-81-65)73(3,4)5)82-43-83(63-28-20-19-27-62(63)82)72-59(47-33-50(74(6,7)8)39-51(34-47)75(9,10)11)37-46(45-21-13-12-14-22-45)38-60(72)66-67(76)69(78)71(80)70(79)68(66)77/h12-42,44H,43H2,1-11H3. The number of benzene rings is 9. The lowest BCUT2D eigenvalue weighted by atomic mass is 9.78. The van der Waals surface area contributed by atoms with Crippen LogP contribution in [-0.4, -0.2) is 16.2 Å². The molecule has 85 heavy (non-hydrogen) atoms. The van der Waals surface area contributed by atoms with Gasteiger partial charge in [-0.25, -0.2) is 26.9 Å². The van der Waals surface area contributed by atoms with Gasteiger partial charge >= 0.3 is 0 Å². The van der Waals surface area contributed by atoms with Crippen LogP contribution in [0, 0.1) is 29.1 Å². The summed E-state index contributed by atoms with van der Waals surface area (Å²) in [4.78, 5) is 8.97. The molecule has 3 heterocycles. The monoisotopic (exact) mass is 1130 g/mol. The highest BCUT2D eigenvalue weighted by atomic mass is 19.2. The number of hydrogen-bond donors (Lipinski definition) is 0. The topological polar surface area (TPSA) is 33.5 Å². The van der Waals surface area contributed by atoms with E-state index in [1.807, 2.05) is 108 Å². The number of ether oxygens (including phenoxy) is 1. The average molecular weight is 1140 g/mol. The molecule has 11 aromatic rings. The van der Waals surface area contributed by atoms with Crippen LogP contribution in [0.25, 0.3) is 72.1 Å². The van der Waals surface area contributed by atoms with Crippen molar-refractivity contribution in [2.24, 2.45) is 0 Å². The van der Waals surface area contributed by atoms with Crippen LogP contribution in [0.1, 0.15) is 104 Å². The Morgan fingerprint density at radius 2 is 1.01 bits per heavy atom. The van der Waals surface area contributed by atoms with Crippen molar-refractivity contribution in [1.29, 1.82) is 0 Å². The van der Waals surface area contributed by atoms with E-state index in [0.29, 0.717) is 39.4 Å². The van der Waals surface area contributed by atoms with E-state index >= 15 is 22.0 Å². The minimum atomic E-state index is -2.23. The largest absolute Gasteiger partial charge is 0.457 e. The number of pyridine rings is 1. The third-order valence-electron chi connectivity index (χ3n) is 16.5. The summed E-state index contributed by atoms with van der Waals surface area (Å²) in [5.41, 5.74) is 10.9. The van der Waals surface area contributed by atoms with Crippen molar-refractivity contribution in [1.82, 2.24) is 9.55 Å². The highest BCUT2D eigenvalue weighted by Crippen LogP contribution is 2.54. The molecule has 0 amide bonds. The maximum atomic E-state index is 17.0. The predicted molar refractivity (Wildman–Crippen MR) is 339 cm³/mol. The normalized spacial score (nSPS) is 13.0. The molecule has 5 nitrogen and oxygen atoms in total. The molecule has 12 rings (SSSR count). The first-order valence-electron chi connectivity index (χ1n) is 28.9. The summed E-state index contributed by atoms with van der Waals surface area (Å²) in [6.07, 6.45) is 1.87. The van der Waals surface area contributed by atoms with Gasteiger partial charge in [-0.3, -0.25) is 4.57 Å². The van der Waals surface area contributed by atoms with Crippen LogP contribution in [0.15, 0.2) is 188 Å². The van der Waals surface area contributed by atoms with Crippen LogP contribution in [0.2, 0.25) is 0 Å². The molecule has 0 radical (unpaired) electrons. The summed E-state index contributed by atoms with van der Waals surface area (Å²) in [5, 5.41) is 2.12. The van der Waals surface area contributed by atoms with Crippen molar-refractivity contribution in [3.63, 3.8) is 0 Å². The van der Waals surface area contributed by atoms with Crippen LogP contribution in [0.5, 0.6) is 11.5 Å². The highest BCUT2D eigenvalue weighted by molar-refractivity contribution is 6.09. The summed E-state index contributed by atoms with van der Waals surface area (Å²) in [6, 6.07) is 60.0. The van der Waals surface area contributed by atoms with Crippen LogP contribution in [0.3, 0.4) is 0 Å². The maximum Gasteiger partial charge on any atom is 0.200 e. The minimum Gasteiger partial charge on any atom is -0.457 e. The van der Waals surface area contributed by atoms with E-state index in [2.05, 4.69) is 164 Å². The number of rotatable bonds is 10. The molecule has 10 heteroatoms. The van der Waals surface area contributed by atoms with Gasteiger partial charge in [0.2, 0.25) is 5.82 Å². The lowest BCUT2D eigenvalue weighted by molar-refractivity contribution is 0.381. The Morgan fingerprint density at radius 3 is 1.68 bits per heavy atom. The molecule has 0 fully saturated rings. The third-order valence-corrected chi connectivity index (χ3v) is 16.5. The molecule has 1 aliphatic rings. The molecular formula is C75H67F5N4O. The van der Waals surface area contributed by atoms with Gasteiger partial charge in [0.05, 0.1) is 33.7 Å². The van der Waals surface area contributed by atoms with Crippen molar-refractivity contribution in [2.45, 2.75) is 98.3 Å². The number of anilines is 4. The number of fused-ring (bicyclic) bond motifs is 4. The zero-order valence-electron chi connectivity index (χ0n) is 49.8. The third kappa shape index (κ3) is 10.3. The van der Waals surface area contributed by atoms with E-state index in [1.54, 1.807) is 6.07 Å². The molecular weight excluding hydrogens is 1070 g/mol. The van der Waals surface area contributed by atoms with Gasteiger partial charge in [0.1, 0.15) is 24.0 Å². The van der Waals surface area contributed by atoms with Crippen molar-refractivity contribution < 1.29 is 26.7 Å². The quantitative estimate of drug-likeness (QED) is 0.0776. The van der Waals surface area contributed by atoms with E-state index in [1.165, 1.54) is 0 Å². The molecule has 2 aromatic heterocycles. The fourth-order valence-corrected chi connectivity index (χ4v) is 11.9. The molecule has 0 atom stereocenters. The first-order valence-corrected chi connectivity index (χ1v) is 28.9. The van der Waals surface area contributed by atoms with Gasteiger partial charge in [0, 0.05) is 45.9 Å². The Balaban J connectivity index is 1.09. The summed E-state index contributed by atoms with van der Waals surface area (Å²) in [7, 11) is 0. The summed E-state index contributed by atoms with van der Waals surface area (Å²) in [6.45, 7) is 23.7. The number of nitrogens with zero attached hydrogens (tertiary/aromatic N) is 4. The Labute approximate surface area is 494 Å². The summed E-state index contributed by atoms with van der Waals surface area (Å²) >= 11 is 0. The van der Waals surface area contributed by atoms with E-state index < -0.39 is 34.6 Å². The second-order valence-corrected chi connectivity index (χ2v) is 25.8. The molecule has 428 valence electrons. The van der Waals surface area contributed by atoms with Crippen LogP contribution in [-0.2, 0) is 16.2 Å². The second-order valence-electron chi connectivity index (χ2n) is 25.8. The van der Waals surface area contributed by atoms with Gasteiger partial charge in [-0.1, -0.05) is 179 Å². The molecule has 0 unspecified atom stereocenters. The second kappa shape index (κ2) is 21.2. The van der Waals surface area contributed by atoms with E-state index in [-0.39, 0.29) is 40.1 Å². The highest BCUT2D eigenvalue weighted by Gasteiger charge is 2.37. The van der Waals surface area contributed by atoms with Crippen LogP contribution in [0.4, 0.5) is 44.7 Å². The summed E-state index contributed by atoms with van der Waals surface area (Å²) < 4.78 is 90.2. The van der Waals surface area contributed by atoms with Gasteiger partial charge < -0.3 is 14.5 Å². The molecule has 9 aromatic carbocycles. The van der Waals surface area contributed by atoms with Crippen LogP contribution >= 0.6 is 0 Å². The molecule has 0 aliphatic carbocycles. The number of para-hydroxylation sites is 3. The van der Waals surface area contributed by atoms with Crippen molar-refractivity contribution in [3.05, 3.63) is 240 Å². The minimum absolute atomic E-state index is 0.0476. The number of halogens is 5. The van der Waals surface area contributed by atoms with Crippen molar-refractivity contribution in [3.8, 4) is 61.8 Å². The lowest BCUT2D eigenvalue weighted by Crippen LogP contribution is -2.25. The number of hydrogen-bond acceptors (Lipinski definition) is 4. The number of aromatic nitrogens is 2. The van der Waals surface area contributed by atoms with Crippen LogP contribution < -0.4 is 14.5 Å². The smallest absolute Gasteiger partial charge is 0.200 e. The fraction of sp³-hybridized carbons (Fsp3) is 0.213. The first kappa shape index (κ1) is 56.5. The van der Waals surface area contributed by atoms with Gasteiger partial charge in [0.25, 0.3) is 0 Å². The molecule has 1 aliphatic heterocycles. The zero-order valence-corrected chi connectivity index (χ0v) is 49.8. The van der Waals surface area contributed by atoms with Crippen molar-refractivity contribution >= 4 is 44.6 Å². The Morgan fingerprint density at radius 1 is 0.435 bits per heavy atom. The zero-order chi connectivity index (χ0) is 60.0. The van der Waals surface area contributed by atoms with Crippen molar-refractivity contribution in [2.75, 3.05) is 16.5 Å². The van der Waals surface area contributed by atoms with Gasteiger partial charge in [0.15, 0.2) is 23.3 Å². The van der Waals surface area contributed by atoms with E-state index in [4.69, 9.17) is 9.72 Å². The van der Waals surface area contributed by atoms with Gasteiger partial charge in [-0.2, -0.15) is 0 Å². The molecule has 0 spiro atoms. The fourth-order valence-electron chi connectivity index (χ4n) is 11.9. The average Bonchev–Trinajstić information content (AvgIpc) is 1.81. The predicted octanol–water partition coefficient (Wildman–Crippen LogP) is 21.6. The molecule has 0 N–H and O–H groups in total. The summed E-state index contributed by atoms with van der Waals surface area (Å²) in [5.74, 6) is -8.05. The molecule has 0 saturated carbocycles. The lowest BCUT2D eigenvalue weighted by Gasteiger charge is -2.30.